The SMILES string of the molecule is CNc1nc(C)nc(Oc2ccc(C)cc2[N+](=O)[O-])c1C. The van der Waals surface area contributed by atoms with Gasteiger partial charge in [-0.15, -0.1) is 0 Å². The molecule has 2 aromatic rings. The lowest BCUT2D eigenvalue weighted by molar-refractivity contribution is -0.385. The lowest BCUT2D eigenvalue weighted by Crippen LogP contribution is -2.03. The van der Waals surface area contributed by atoms with Gasteiger partial charge in [0.2, 0.25) is 11.6 Å². The molecule has 0 radical (unpaired) electrons. The number of aryl methyl sites for hydroxylation is 2. The number of hydrogen-bond acceptors (Lipinski definition) is 6. The van der Waals surface area contributed by atoms with Gasteiger partial charge in [0.1, 0.15) is 11.6 Å². The Hall–Kier alpha value is -2.70. The maximum Gasteiger partial charge on any atom is 0.311 e. The van der Waals surface area contributed by atoms with Crippen molar-refractivity contribution in [3.8, 4) is 11.6 Å². The van der Waals surface area contributed by atoms with Crippen LogP contribution in [0, 0.1) is 30.9 Å². The zero-order valence-corrected chi connectivity index (χ0v) is 12.3. The molecular formula is C14H16N4O3. The van der Waals surface area contributed by atoms with Crippen molar-refractivity contribution in [3.05, 3.63) is 45.3 Å². The Labute approximate surface area is 122 Å². The van der Waals surface area contributed by atoms with E-state index in [1.54, 1.807) is 40.0 Å². The number of benzene rings is 1. The fourth-order valence-electron chi connectivity index (χ4n) is 1.91. The van der Waals surface area contributed by atoms with E-state index in [1.165, 1.54) is 6.07 Å². The van der Waals surface area contributed by atoms with Gasteiger partial charge in [0.15, 0.2) is 0 Å². The van der Waals surface area contributed by atoms with Gasteiger partial charge in [-0.2, -0.15) is 4.98 Å². The van der Waals surface area contributed by atoms with Gasteiger partial charge in [-0.3, -0.25) is 10.1 Å². The van der Waals surface area contributed by atoms with E-state index in [2.05, 4.69) is 15.3 Å². The average Bonchev–Trinajstić information content (AvgIpc) is 2.44. The van der Waals surface area contributed by atoms with Crippen LogP contribution < -0.4 is 10.1 Å². The Morgan fingerprint density at radius 3 is 2.57 bits per heavy atom. The van der Waals surface area contributed by atoms with Crippen molar-refractivity contribution < 1.29 is 9.66 Å². The molecule has 0 fully saturated rings. The molecule has 0 unspecified atom stereocenters. The molecule has 0 aliphatic carbocycles. The third-order valence-corrected chi connectivity index (χ3v) is 2.97. The summed E-state index contributed by atoms with van der Waals surface area (Å²) >= 11 is 0. The predicted octanol–water partition coefficient (Wildman–Crippen LogP) is 3.14. The molecule has 0 bridgehead atoms. The minimum absolute atomic E-state index is 0.0864. The van der Waals surface area contributed by atoms with E-state index >= 15 is 0 Å². The van der Waals surface area contributed by atoms with Crippen LogP contribution >= 0.6 is 0 Å². The molecule has 0 saturated heterocycles. The number of ether oxygens (including phenoxy) is 1. The standard InChI is InChI=1S/C14H16N4O3/c1-8-5-6-12(11(7-8)18(19)20)21-14-9(2)13(15-4)16-10(3)17-14/h5-7H,1-4H3,(H,15,16,17). The van der Waals surface area contributed by atoms with Crippen molar-refractivity contribution in [1.29, 1.82) is 0 Å². The van der Waals surface area contributed by atoms with Crippen molar-refractivity contribution in [2.75, 3.05) is 12.4 Å². The van der Waals surface area contributed by atoms with E-state index in [0.29, 0.717) is 23.1 Å². The number of rotatable bonds is 4. The summed E-state index contributed by atoms with van der Waals surface area (Å²) in [4.78, 5) is 19.1. The first-order valence-electron chi connectivity index (χ1n) is 6.38. The number of aromatic nitrogens is 2. The Bertz CT molecular complexity index is 701. The van der Waals surface area contributed by atoms with Gasteiger partial charge >= 0.3 is 5.69 Å². The highest BCUT2D eigenvalue weighted by molar-refractivity contribution is 5.53. The Kier molecular flexibility index (Phi) is 4.02. The van der Waals surface area contributed by atoms with E-state index in [1.807, 2.05) is 0 Å². The summed E-state index contributed by atoms with van der Waals surface area (Å²) in [5, 5.41) is 14.1. The van der Waals surface area contributed by atoms with Crippen LogP contribution in [-0.4, -0.2) is 21.9 Å². The quantitative estimate of drug-likeness (QED) is 0.686. The van der Waals surface area contributed by atoms with Crippen molar-refractivity contribution in [2.24, 2.45) is 0 Å². The molecule has 0 saturated carbocycles. The maximum absolute atomic E-state index is 11.1. The molecule has 21 heavy (non-hydrogen) atoms. The Morgan fingerprint density at radius 1 is 1.24 bits per heavy atom. The molecule has 0 amide bonds. The molecule has 1 N–H and O–H groups in total. The van der Waals surface area contributed by atoms with Crippen LogP contribution in [0.4, 0.5) is 11.5 Å². The highest BCUT2D eigenvalue weighted by Gasteiger charge is 2.18. The van der Waals surface area contributed by atoms with Gasteiger partial charge in [-0.1, -0.05) is 6.07 Å². The van der Waals surface area contributed by atoms with Gasteiger partial charge in [0.05, 0.1) is 10.5 Å². The van der Waals surface area contributed by atoms with Gasteiger partial charge in [-0.25, -0.2) is 4.98 Å². The van der Waals surface area contributed by atoms with Crippen LogP contribution in [-0.2, 0) is 0 Å². The molecule has 2 rings (SSSR count). The topological polar surface area (TPSA) is 90.2 Å². The van der Waals surface area contributed by atoms with Crippen LogP contribution in [0.15, 0.2) is 18.2 Å². The van der Waals surface area contributed by atoms with Gasteiger partial charge < -0.3 is 10.1 Å². The normalized spacial score (nSPS) is 10.3. The molecule has 0 aliphatic rings. The minimum atomic E-state index is -0.468. The second-order valence-electron chi connectivity index (χ2n) is 4.63. The highest BCUT2D eigenvalue weighted by Crippen LogP contribution is 2.33. The van der Waals surface area contributed by atoms with Crippen LogP contribution in [0.25, 0.3) is 0 Å². The first-order chi connectivity index (χ1) is 9.92. The van der Waals surface area contributed by atoms with Crippen LogP contribution in [0.1, 0.15) is 17.0 Å². The van der Waals surface area contributed by atoms with E-state index in [4.69, 9.17) is 4.74 Å². The summed E-state index contributed by atoms with van der Waals surface area (Å²) in [7, 11) is 1.74. The summed E-state index contributed by atoms with van der Waals surface area (Å²) in [5.74, 6) is 1.62. The third kappa shape index (κ3) is 3.07. The number of nitrogens with one attached hydrogen (secondary N) is 1. The maximum atomic E-state index is 11.1. The van der Waals surface area contributed by atoms with E-state index in [-0.39, 0.29) is 11.4 Å². The van der Waals surface area contributed by atoms with E-state index < -0.39 is 4.92 Å². The average molecular weight is 288 g/mol. The molecular weight excluding hydrogens is 272 g/mol. The molecule has 0 atom stereocenters. The molecule has 7 heteroatoms. The monoisotopic (exact) mass is 288 g/mol. The summed E-state index contributed by atoms with van der Waals surface area (Å²) in [5.41, 5.74) is 1.40. The molecule has 0 aliphatic heterocycles. The minimum Gasteiger partial charge on any atom is -0.431 e. The summed E-state index contributed by atoms with van der Waals surface area (Å²) in [6, 6.07) is 4.80. The second kappa shape index (κ2) is 5.74. The lowest BCUT2D eigenvalue weighted by Gasteiger charge is -2.12. The van der Waals surface area contributed by atoms with E-state index in [9.17, 15) is 10.1 Å². The number of nitrogens with zero attached hydrogens (tertiary/aromatic N) is 3. The second-order valence-corrected chi connectivity index (χ2v) is 4.63. The van der Waals surface area contributed by atoms with E-state index in [0.717, 1.165) is 5.56 Å². The highest BCUT2D eigenvalue weighted by atomic mass is 16.6. The fourth-order valence-corrected chi connectivity index (χ4v) is 1.91. The summed E-state index contributed by atoms with van der Waals surface area (Å²) in [6.07, 6.45) is 0. The zero-order valence-electron chi connectivity index (χ0n) is 12.3. The number of nitro benzene ring substituents is 1. The first-order valence-corrected chi connectivity index (χ1v) is 6.38. The molecule has 1 aromatic carbocycles. The zero-order chi connectivity index (χ0) is 15.6. The van der Waals surface area contributed by atoms with Crippen LogP contribution in [0.5, 0.6) is 11.6 Å². The van der Waals surface area contributed by atoms with Crippen molar-refractivity contribution in [1.82, 2.24) is 9.97 Å². The largest absolute Gasteiger partial charge is 0.431 e. The molecule has 1 aromatic heterocycles. The summed E-state index contributed by atoms with van der Waals surface area (Å²) in [6.45, 7) is 5.31. The fraction of sp³-hybridized carbons (Fsp3) is 0.286. The summed E-state index contributed by atoms with van der Waals surface area (Å²) < 4.78 is 5.65. The molecule has 7 nitrogen and oxygen atoms in total. The molecule has 1 heterocycles. The third-order valence-electron chi connectivity index (χ3n) is 2.97. The van der Waals surface area contributed by atoms with Crippen LogP contribution in [0.2, 0.25) is 0 Å². The first kappa shape index (κ1) is 14.7. The van der Waals surface area contributed by atoms with Gasteiger partial charge in [-0.05, 0) is 32.4 Å². The number of anilines is 1. The Balaban J connectivity index is 2.48. The predicted molar refractivity (Wildman–Crippen MR) is 79.0 cm³/mol. The Morgan fingerprint density at radius 2 is 1.95 bits per heavy atom. The number of hydrogen-bond donors (Lipinski definition) is 1. The van der Waals surface area contributed by atoms with Crippen molar-refractivity contribution in [3.63, 3.8) is 0 Å². The van der Waals surface area contributed by atoms with Crippen LogP contribution in [0.3, 0.4) is 0 Å². The van der Waals surface area contributed by atoms with Gasteiger partial charge in [0.25, 0.3) is 0 Å². The molecule has 110 valence electrons. The molecule has 0 spiro atoms. The number of nitro groups is 1. The lowest BCUT2D eigenvalue weighted by atomic mass is 10.2. The smallest absolute Gasteiger partial charge is 0.311 e. The van der Waals surface area contributed by atoms with Gasteiger partial charge in [0, 0.05) is 13.1 Å². The van der Waals surface area contributed by atoms with Crippen molar-refractivity contribution in [2.45, 2.75) is 20.8 Å². The van der Waals surface area contributed by atoms with Crippen molar-refractivity contribution >= 4 is 11.5 Å².